The van der Waals surface area contributed by atoms with E-state index >= 15 is 0 Å². The number of alkyl halides is 3. The number of ether oxygens (including phenoxy) is 2. The van der Waals surface area contributed by atoms with Crippen LogP contribution >= 0.6 is 0 Å². The zero-order valence-corrected chi connectivity index (χ0v) is 14.5. The van der Waals surface area contributed by atoms with E-state index in [9.17, 15) is 23.2 Å². The Morgan fingerprint density at radius 2 is 1.85 bits per heavy atom. The number of carbonyl (C=O) groups is 1. The van der Waals surface area contributed by atoms with Gasteiger partial charge in [-0.15, -0.1) is 0 Å². The van der Waals surface area contributed by atoms with Crippen LogP contribution < -0.4 is 9.47 Å². The van der Waals surface area contributed by atoms with E-state index in [2.05, 4.69) is 4.98 Å². The fourth-order valence-corrected chi connectivity index (χ4v) is 2.30. The van der Waals surface area contributed by atoms with Crippen LogP contribution in [0, 0.1) is 11.3 Å². The van der Waals surface area contributed by atoms with Crippen LogP contribution in [0.3, 0.4) is 0 Å². The van der Waals surface area contributed by atoms with E-state index < -0.39 is 23.4 Å². The largest absolute Gasteiger partial charge is 0.497 e. The summed E-state index contributed by atoms with van der Waals surface area (Å²) in [5, 5.41) is 9.19. The van der Waals surface area contributed by atoms with Crippen LogP contribution in [-0.2, 0) is 11.0 Å². The normalized spacial score (nSPS) is 12.1. The summed E-state index contributed by atoms with van der Waals surface area (Å²) in [5.41, 5.74) is -0.921. The third-order valence-corrected chi connectivity index (χ3v) is 3.76. The zero-order chi connectivity index (χ0) is 19.9. The molecule has 0 saturated heterocycles. The number of pyridine rings is 1. The van der Waals surface area contributed by atoms with Gasteiger partial charge in [0.1, 0.15) is 17.4 Å². The summed E-state index contributed by atoms with van der Waals surface area (Å²) in [7, 11) is 1.55. The van der Waals surface area contributed by atoms with Crippen LogP contribution in [-0.4, -0.2) is 24.5 Å². The molecule has 1 heterocycles. The molecule has 0 aliphatic carbocycles. The number of hydrogen-bond acceptors (Lipinski definition) is 5. The summed E-state index contributed by atoms with van der Waals surface area (Å²) in [5.74, 6) is -0.306. The molecule has 1 atom stereocenters. The molecule has 5 nitrogen and oxygen atoms in total. The highest BCUT2D eigenvalue weighted by Crippen LogP contribution is 2.29. The molecule has 0 saturated carbocycles. The second kappa shape index (κ2) is 9.03. The lowest BCUT2D eigenvalue weighted by atomic mass is 9.97. The quantitative estimate of drug-likeness (QED) is 0.646. The van der Waals surface area contributed by atoms with Crippen LogP contribution in [0.5, 0.6) is 11.5 Å². The highest BCUT2D eigenvalue weighted by Gasteiger charge is 2.31. The first-order valence-electron chi connectivity index (χ1n) is 8.07. The van der Waals surface area contributed by atoms with Crippen molar-refractivity contribution in [3.8, 4) is 17.6 Å². The van der Waals surface area contributed by atoms with Crippen LogP contribution in [0.4, 0.5) is 13.2 Å². The van der Waals surface area contributed by atoms with E-state index in [0.29, 0.717) is 24.1 Å². The summed E-state index contributed by atoms with van der Waals surface area (Å²) in [6.45, 7) is 0.261. The Morgan fingerprint density at radius 1 is 1.19 bits per heavy atom. The molecule has 27 heavy (non-hydrogen) atoms. The Kier molecular flexibility index (Phi) is 6.77. The topological polar surface area (TPSA) is 72.2 Å². The number of methoxy groups -OCH3 is 1. The number of carbonyl (C=O) groups excluding carboxylic acids is 1. The first kappa shape index (κ1) is 20.2. The molecule has 1 unspecified atom stereocenters. The number of benzene rings is 1. The number of nitriles is 1. The van der Waals surface area contributed by atoms with Gasteiger partial charge < -0.3 is 9.47 Å². The van der Waals surface area contributed by atoms with E-state index in [1.54, 1.807) is 37.4 Å². The molecule has 1 aromatic heterocycles. The number of ketones is 1. The maximum atomic E-state index is 12.6. The smallest absolute Gasteiger partial charge is 0.417 e. The molecule has 0 spiro atoms. The Labute approximate surface area is 154 Å². The summed E-state index contributed by atoms with van der Waals surface area (Å²) >= 11 is 0. The molecule has 2 rings (SSSR count). The van der Waals surface area contributed by atoms with Gasteiger partial charge in [-0.2, -0.15) is 18.4 Å². The van der Waals surface area contributed by atoms with Crippen LogP contribution in [0.15, 0.2) is 42.6 Å². The van der Waals surface area contributed by atoms with Crippen LogP contribution in [0.1, 0.15) is 30.0 Å². The number of hydrogen-bond donors (Lipinski definition) is 0. The number of Topliss-reactive ketones (excluding diaryl/α,β-unsaturated/α-hetero) is 1. The van der Waals surface area contributed by atoms with Crippen molar-refractivity contribution < 1.29 is 27.4 Å². The van der Waals surface area contributed by atoms with Crippen molar-refractivity contribution >= 4 is 5.78 Å². The molecule has 0 aliphatic heterocycles. The van der Waals surface area contributed by atoms with Crippen molar-refractivity contribution in [3.05, 3.63) is 53.9 Å². The van der Waals surface area contributed by atoms with Crippen molar-refractivity contribution in [2.45, 2.75) is 24.9 Å². The molecule has 142 valence electrons. The number of rotatable bonds is 8. The summed E-state index contributed by atoms with van der Waals surface area (Å²) in [6.07, 6.45) is -3.48. The van der Waals surface area contributed by atoms with Gasteiger partial charge in [0.25, 0.3) is 0 Å². The Hall–Kier alpha value is -3.08. The van der Waals surface area contributed by atoms with Gasteiger partial charge in [-0.05, 0) is 42.8 Å². The van der Waals surface area contributed by atoms with E-state index in [4.69, 9.17) is 9.47 Å². The lowest BCUT2D eigenvalue weighted by Gasteiger charge is -2.11. The van der Waals surface area contributed by atoms with Crippen molar-refractivity contribution in [1.82, 2.24) is 4.98 Å². The minimum atomic E-state index is -4.52. The molecule has 0 radical (unpaired) electrons. The molecule has 0 amide bonds. The van der Waals surface area contributed by atoms with Crippen molar-refractivity contribution in [2.24, 2.45) is 0 Å². The molecule has 0 N–H and O–H groups in total. The van der Waals surface area contributed by atoms with Crippen molar-refractivity contribution in [3.63, 3.8) is 0 Å². The predicted molar refractivity (Wildman–Crippen MR) is 90.3 cm³/mol. The Morgan fingerprint density at radius 3 is 2.37 bits per heavy atom. The highest BCUT2D eigenvalue weighted by molar-refractivity contribution is 5.87. The average molecular weight is 378 g/mol. The third-order valence-electron chi connectivity index (χ3n) is 3.76. The Bertz CT molecular complexity index is 797. The Balaban J connectivity index is 1.86. The van der Waals surface area contributed by atoms with Crippen LogP contribution in [0.25, 0.3) is 0 Å². The maximum Gasteiger partial charge on any atom is 0.417 e. The molecular formula is C19H17F3N2O3. The van der Waals surface area contributed by atoms with Crippen molar-refractivity contribution in [2.75, 3.05) is 13.7 Å². The van der Waals surface area contributed by atoms with Gasteiger partial charge in [-0.3, -0.25) is 9.78 Å². The SMILES string of the molecule is COc1ccc(OCCCC(=O)C(C#N)c2ccc(C(F)(F)F)cn2)cc1. The monoisotopic (exact) mass is 378 g/mol. The average Bonchev–Trinajstić information content (AvgIpc) is 2.66. The first-order chi connectivity index (χ1) is 12.8. The lowest BCUT2D eigenvalue weighted by Crippen LogP contribution is -2.14. The number of halogens is 3. The molecule has 0 bridgehead atoms. The van der Waals surface area contributed by atoms with Gasteiger partial charge in [0.05, 0.1) is 31.0 Å². The van der Waals surface area contributed by atoms with Gasteiger partial charge in [-0.25, -0.2) is 0 Å². The second-order valence-corrected chi connectivity index (χ2v) is 5.63. The molecule has 0 fully saturated rings. The zero-order valence-electron chi connectivity index (χ0n) is 14.5. The third kappa shape index (κ3) is 5.71. The predicted octanol–water partition coefficient (Wildman–Crippen LogP) is 4.14. The molecular weight excluding hydrogens is 361 g/mol. The number of aromatic nitrogens is 1. The van der Waals surface area contributed by atoms with Gasteiger partial charge in [-0.1, -0.05) is 0 Å². The standard InChI is InChI=1S/C19H17F3N2O3/c1-26-14-5-7-15(8-6-14)27-10-2-3-18(25)16(11-23)17-9-4-13(12-24-17)19(20,21)22/h4-9,12,16H,2-3,10H2,1H3. The van der Waals surface area contributed by atoms with E-state index in [1.807, 2.05) is 0 Å². The lowest BCUT2D eigenvalue weighted by molar-refractivity contribution is -0.137. The summed E-state index contributed by atoms with van der Waals surface area (Å²) < 4.78 is 48.2. The minimum Gasteiger partial charge on any atom is -0.497 e. The summed E-state index contributed by atoms with van der Waals surface area (Å²) in [4.78, 5) is 15.8. The van der Waals surface area contributed by atoms with E-state index in [1.165, 1.54) is 0 Å². The molecule has 1 aromatic carbocycles. The van der Waals surface area contributed by atoms with E-state index in [-0.39, 0.29) is 18.7 Å². The maximum absolute atomic E-state index is 12.6. The van der Waals surface area contributed by atoms with Gasteiger partial charge in [0.15, 0.2) is 5.78 Å². The van der Waals surface area contributed by atoms with Crippen molar-refractivity contribution in [1.29, 1.82) is 5.26 Å². The fourth-order valence-electron chi connectivity index (χ4n) is 2.30. The van der Waals surface area contributed by atoms with Gasteiger partial charge in [0, 0.05) is 12.6 Å². The minimum absolute atomic E-state index is 0.00609. The molecule has 2 aromatic rings. The number of nitrogens with zero attached hydrogens (tertiary/aromatic N) is 2. The second-order valence-electron chi connectivity index (χ2n) is 5.63. The highest BCUT2D eigenvalue weighted by atomic mass is 19.4. The van der Waals surface area contributed by atoms with Gasteiger partial charge >= 0.3 is 6.18 Å². The van der Waals surface area contributed by atoms with Gasteiger partial charge in [0.2, 0.25) is 0 Å². The molecule has 8 heteroatoms. The van der Waals surface area contributed by atoms with E-state index in [0.717, 1.165) is 12.1 Å². The van der Waals surface area contributed by atoms with Crippen LogP contribution in [0.2, 0.25) is 0 Å². The molecule has 0 aliphatic rings. The summed E-state index contributed by atoms with van der Waals surface area (Å²) in [6, 6.07) is 10.6. The first-order valence-corrected chi connectivity index (χ1v) is 8.07. The fraction of sp³-hybridized carbons (Fsp3) is 0.316.